The fourth-order valence-electron chi connectivity index (χ4n) is 2.33. The number of carboxylic acids is 1. The number of carboxylic acid groups (broad SMARTS) is 1. The number of unbranched alkanes of at least 4 members (excludes halogenated alkanes) is 4. The summed E-state index contributed by atoms with van der Waals surface area (Å²) in [6, 6.07) is 7.08. The molecule has 0 radical (unpaired) electrons. The maximum Gasteiger partial charge on any atom is 0.335 e. The van der Waals surface area contributed by atoms with Gasteiger partial charge in [0, 0.05) is 7.11 Å². The molecule has 1 aromatic rings. The van der Waals surface area contributed by atoms with Crippen LogP contribution in [0.3, 0.4) is 0 Å². The van der Waals surface area contributed by atoms with Gasteiger partial charge in [-0.25, -0.2) is 4.79 Å². The minimum Gasteiger partial charge on any atom is -0.478 e. The van der Waals surface area contributed by atoms with Crippen molar-refractivity contribution in [3.8, 4) is 0 Å². The summed E-state index contributed by atoms with van der Waals surface area (Å²) < 4.78 is 5.52. The topological polar surface area (TPSA) is 46.5 Å². The zero-order valence-corrected chi connectivity index (χ0v) is 12.6. The summed E-state index contributed by atoms with van der Waals surface area (Å²) in [6.45, 7) is 2.22. The lowest BCUT2D eigenvalue weighted by Crippen LogP contribution is -2.14. The molecule has 0 heterocycles. The Kier molecular flexibility index (Phi) is 7.97. The number of rotatable bonds is 10. The van der Waals surface area contributed by atoms with Crippen molar-refractivity contribution in [3.05, 3.63) is 35.4 Å². The molecule has 0 fully saturated rings. The van der Waals surface area contributed by atoms with Crippen LogP contribution in [0.5, 0.6) is 0 Å². The Morgan fingerprint density at radius 3 is 2.35 bits per heavy atom. The predicted octanol–water partition coefficient (Wildman–Crippen LogP) is 4.30. The highest BCUT2D eigenvalue weighted by Gasteiger charge is 2.09. The van der Waals surface area contributed by atoms with E-state index in [0.29, 0.717) is 5.56 Å². The van der Waals surface area contributed by atoms with Gasteiger partial charge in [0.2, 0.25) is 0 Å². The third-order valence-corrected chi connectivity index (χ3v) is 3.63. The van der Waals surface area contributed by atoms with Crippen LogP contribution in [0.25, 0.3) is 0 Å². The first-order valence-corrected chi connectivity index (χ1v) is 7.52. The molecule has 0 aliphatic heterocycles. The smallest absolute Gasteiger partial charge is 0.335 e. The molecule has 0 aliphatic rings. The molecule has 1 rings (SSSR count). The third-order valence-electron chi connectivity index (χ3n) is 3.63. The Bertz CT molecular complexity index is 384. The van der Waals surface area contributed by atoms with Crippen LogP contribution in [-0.2, 0) is 11.2 Å². The Morgan fingerprint density at radius 2 is 1.80 bits per heavy atom. The summed E-state index contributed by atoms with van der Waals surface area (Å²) in [5.41, 5.74) is 1.47. The average Bonchev–Trinajstić information content (AvgIpc) is 2.46. The molecule has 1 aromatic carbocycles. The van der Waals surface area contributed by atoms with Crippen LogP contribution >= 0.6 is 0 Å². The van der Waals surface area contributed by atoms with Crippen molar-refractivity contribution < 1.29 is 14.6 Å². The minimum absolute atomic E-state index is 0.229. The molecule has 0 aromatic heterocycles. The van der Waals surface area contributed by atoms with Crippen LogP contribution in [0, 0.1) is 0 Å². The van der Waals surface area contributed by atoms with Gasteiger partial charge in [-0.3, -0.25) is 0 Å². The number of benzene rings is 1. The number of hydrogen-bond donors (Lipinski definition) is 1. The summed E-state index contributed by atoms with van der Waals surface area (Å²) in [5, 5.41) is 8.87. The Balaban J connectivity index is 2.37. The van der Waals surface area contributed by atoms with E-state index in [4.69, 9.17) is 9.84 Å². The van der Waals surface area contributed by atoms with Crippen LogP contribution in [0.1, 0.15) is 61.4 Å². The lowest BCUT2D eigenvalue weighted by atomic mass is 10.0. The summed E-state index contributed by atoms with van der Waals surface area (Å²) in [4.78, 5) is 10.8. The monoisotopic (exact) mass is 278 g/mol. The van der Waals surface area contributed by atoms with Crippen LogP contribution < -0.4 is 0 Å². The van der Waals surface area contributed by atoms with Crippen molar-refractivity contribution in [2.45, 2.75) is 58.0 Å². The van der Waals surface area contributed by atoms with E-state index >= 15 is 0 Å². The third kappa shape index (κ3) is 6.20. The van der Waals surface area contributed by atoms with Gasteiger partial charge in [-0.1, -0.05) is 51.2 Å². The standard InChI is InChI=1S/C17H26O3/c1-3-4-5-6-7-8-16(20-2)13-14-9-11-15(12-10-14)17(18)19/h9-12,16H,3-8,13H2,1-2H3,(H,18,19). The molecule has 0 spiro atoms. The van der Waals surface area contributed by atoms with E-state index in [2.05, 4.69) is 6.92 Å². The molecule has 112 valence electrons. The molecular formula is C17H26O3. The fraction of sp³-hybridized carbons (Fsp3) is 0.588. The highest BCUT2D eigenvalue weighted by atomic mass is 16.5. The highest BCUT2D eigenvalue weighted by Crippen LogP contribution is 2.14. The van der Waals surface area contributed by atoms with E-state index < -0.39 is 5.97 Å². The van der Waals surface area contributed by atoms with E-state index in [1.807, 2.05) is 12.1 Å². The molecule has 0 bridgehead atoms. The van der Waals surface area contributed by atoms with Gasteiger partial charge >= 0.3 is 5.97 Å². The normalized spacial score (nSPS) is 12.3. The first-order chi connectivity index (χ1) is 9.67. The SMILES string of the molecule is CCCCCCCC(Cc1ccc(C(=O)O)cc1)OC. The van der Waals surface area contributed by atoms with Crippen LogP contribution in [0.2, 0.25) is 0 Å². The zero-order valence-electron chi connectivity index (χ0n) is 12.6. The van der Waals surface area contributed by atoms with Gasteiger partial charge in [0.15, 0.2) is 0 Å². The maximum atomic E-state index is 10.8. The first-order valence-electron chi connectivity index (χ1n) is 7.52. The molecule has 1 N–H and O–H groups in total. The lowest BCUT2D eigenvalue weighted by molar-refractivity contribution is 0.0697. The summed E-state index contributed by atoms with van der Waals surface area (Å²) in [6.07, 6.45) is 8.51. The quantitative estimate of drug-likeness (QED) is 0.649. The van der Waals surface area contributed by atoms with E-state index in [0.717, 1.165) is 18.4 Å². The molecule has 3 heteroatoms. The van der Waals surface area contributed by atoms with Crippen LogP contribution in [0.4, 0.5) is 0 Å². The van der Waals surface area contributed by atoms with E-state index in [1.165, 1.54) is 32.1 Å². The molecule has 1 atom stereocenters. The summed E-state index contributed by atoms with van der Waals surface area (Å²) in [5.74, 6) is -0.879. The number of ether oxygens (including phenoxy) is 1. The van der Waals surface area contributed by atoms with Gasteiger partial charge in [0.05, 0.1) is 11.7 Å². The fourth-order valence-corrected chi connectivity index (χ4v) is 2.33. The van der Waals surface area contributed by atoms with Gasteiger partial charge in [0.1, 0.15) is 0 Å². The molecule has 1 unspecified atom stereocenters. The molecular weight excluding hydrogens is 252 g/mol. The van der Waals surface area contributed by atoms with E-state index in [9.17, 15) is 4.79 Å². The number of aromatic carboxylic acids is 1. The van der Waals surface area contributed by atoms with Crippen molar-refractivity contribution in [1.29, 1.82) is 0 Å². The molecule has 0 saturated carbocycles. The Morgan fingerprint density at radius 1 is 1.15 bits per heavy atom. The van der Waals surface area contributed by atoms with E-state index in [-0.39, 0.29) is 6.10 Å². The largest absolute Gasteiger partial charge is 0.478 e. The van der Waals surface area contributed by atoms with Gasteiger partial charge in [-0.2, -0.15) is 0 Å². The van der Waals surface area contributed by atoms with Crippen LogP contribution in [-0.4, -0.2) is 24.3 Å². The molecule has 0 amide bonds. The van der Waals surface area contributed by atoms with Crippen molar-refractivity contribution in [2.24, 2.45) is 0 Å². The van der Waals surface area contributed by atoms with E-state index in [1.54, 1.807) is 19.2 Å². The molecule has 20 heavy (non-hydrogen) atoms. The zero-order chi connectivity index (χ0) is 14.8. The number of hydrogen-bond acceptors (Lipinski definition) is 2. The first kappa shape index (κ1) is 16.7. The molecule has 3 nitrogen and oxygen atoms in total. The van der Waals surface area contributed by atoms with Crippen molar-refractivity contribution in [1.82, 2.24) is 0 Å². The Labute approximate surface area is 122 Å². The summed E-state index contributed by atoms with van der Waals surface area (Å²) in [7, 11) is 1.75. The van der Waals surface area contributed by atoms with Gasteiger partial charge in [-0.15, -0.1) is 0 Å². The van der Waals surface area contributed by atoms with Gasteiger partial charge < -0.3 is 9.84 Å². The average molecular weight is 278 g/mol. The minimum atomic E-state index is -0.879. The van der Waals surface area contributed by atoms with Gasteiger partial charge in [-0.05, 0) is 30.5 Å². The second kappa shape index (κ2) is 9.54. The van der Waals surface area contributed by atoms with Crippen molar-refractivity contribution in [2.75, 3.05) is 7.11 Å². The van der Waals surface area contributed by atoms with Crippen LogP contribution in [0.15, 0.2) is 24.3 Å². The lowest BCUT2D eigenvalue weighted by Gasteiger charge is -2.15. The van der Waals surface area contributed by atoms with Crippen molar-refractivity contribution >= 4 is 5.97 Å². The highest BCUT2D eigenvalue weighted by molar-refractivity contribution is 5.87. The number of carbonyl (C=O) groups is 1. The summed E-state index contributed by atoms with van der Waals surface area (Å²) >= 11 is 0. The Hall–Kier alpha value is -1.35. The molecule has 0 aliphatic carbocycles. The maximum absolute atomic E-state index is 10.8. The second-order valence-corrected chi connectivity index (χ2v) is 5.27. The van der Waals surface area contributed by atoms with Crippen molar-refractivity contribution in [3.63, 3.8) is 0 Å². The second-order valence-electron chi connectivity index (χ2n) is 5.27. The van der Waals surface area contributed by atoms with Gasteiger partial charge in [0.25, 0.3) is 0 Å². The number of methoxy groups -OCH3 is 1. The predicted molar refractivity (Wildman–Crippen MR) is 81.3 cm³/mol. The molecule has 0 saturated heterocycles.